The molecule has 4 heterocycles. The number of fused-ring (bicyclic) bond motifs is 3. The summed E-state index contributed by atoms with van der Waals surface area (Å²) in [6.45, 7) is 7.92. The fourth-order valence-electron chi connectivity index (χ4n) is 5.93. The molecule has 2 aliphatic heterocycles. The van der Waals surface area contributed by atoms with Gasteiger partial charge in [0.15, 0.2) is 5.82 Å². The van der Waals surface area contributed by atoms with Gasteiger partial charge in [0.2, 0.25) is 5.88 Å². The molecule has 0 spiro atoms. The average Bonchev–Trinajstić information content (AvgIpc) is 3.53. The molecule has 214 valence electrons. The Kier molecular flexibility index (Phi) is 7.10. The Morgan fingerprint density at radius 3 is 2.54 bits per heavy atom. The minimum Gasteiger partial charge on any atom is -0.480 e. The largest absolute Gasteiger partial charge is 0.480 e. The van der Waals surface area contributed by atoms with Crippen molar-refractivity contribution in [2.24, 2.45) is 5.41 Å². The van der Waals surface area contributed by atoms with Gasteiger partial charge in [-0.05, 0) is 98.4 Å². The third-order valence-corrected chi connectivity index (χ3v) is 8.65. The van der Waals surface area contributed by atoms with Gasteiger partial charge in [-0.1, -0.05) is 24.3 Å². The number of esters is 1. The molecule has 0 N–H and O–H groups in total. The first-order valence-electron chi connectivity index (χ1n) is 13.8. The quantitative estimate of drug-likeness (QED) is 0.133. The van der Waals surface area contributed by atoms with Crippen LogP contribution in [0.2, 0.25) is 0 Å². The van der Waals surface area contributed by atoms with Gasteiger partial charge in [-0.2, -0.15) is 9.97 Å². The molecule has 2 aliphatic rings. The van der Waals surface area contributed by atoms with E-state index in [1.165, 1.54) is 7.11 Å². The first-order valence-corrected chi connectivity index (χ1v) is 14.6. The van der Waals surface area contributed by atoms with Gasteiger partial charge in [-0.15, -0.1) is 0 Å². The van der Waals surface area contributed by atoms with Crippen LogP contribution in [0.1, 0.15) is 46.5 Å². The van der Waals surface area contributed by atoms with Gasteiger partial charge in [0.25, 0.3) is 0 Å². The lowest BCUT2D eigenvalue weighted by Gasteiger charge is -2.31. The van der Waals surface area contributed by atoms with Crippen molar-refractivity contribution in [3.05, 3.63) is 46.8 Å². The molecule has 8 nitrogen and oxygen atoms in total. The van der Waals surface area contributed by atoms with Crippen molar-refractivity contribution in [3.8, 4) is 28.9 Å². The highest BCUT2D eigenvalue weighted by molar-refractivity contribution is 9.10. The van der Waals surface area contributed by atoms with E-state index in [-0.39, 0.29) is 28.6 Å². The van der Waals surface area contributed by atoms with Crippen LogP contribution in [0.15, 0.2) is 41.0 Å². The van der Waals surface area contributed by atoms with Crippen LogP contribution in [0, 0.1) is 11.2 Å². The van der Waals surface area contributed by atoms with Crippen molar-refractivity contribution in [1.82, 2.24) is 19.9 Å². The summed E-state index contributed by atoms with van der Waals surface area (Å²) in [5.74, 6) is -0.578. The maximum Gasteiger partial charge on any atom is 0.320 e. The third kappa shape index (κ3) is 5.01. The van der Waals surface area contributed by atoms with Crippen LogP contribution < -0.4 is 14.2 Å². The fraction of sp³-hybridized carbons (Fsp3) is 0.419. The van der Waals surface area contributed by atoms with Crippen molar-refractivity contribution in [2.75, 3.05) is 26.8 Å². The van der Waals surface area contributed by atoms with Crippen LogP contribution in [0.5, 0.6) is 17.6 Å². The Morgan fingerprint density at radius 2 is 1.83 bits per heavy atom. The zero-order valence-electron chi connectivity index (χ0n) is 23.6. The number of hydrogen-bond acceptors (Lipinski definition) is 8. The van der Waals surface area contributed by atoms with E-state index in [4.69, 9.17) is 14.2 Å². The summed E-state index contributed by atoms with van der Waals surface area (Å²) in [6, 6.07) is 11.0. The number of hydrogen-bond donors (Lipinski definition) is 0. The molecule has 10 heteroatoms. The van der Waals surface area contributed by atoms with Gasteiger partial charge < -0.3 is 14.2 Å². The second kappa shape index (κ2) is 10.5. The number of aromatic nitrogens is 3. The van der Waals surface area contributed by atoms with Gasteiger partial charge in [-0.25, -0.2) is 9.37 Å². The summed E-state index contributed by atoms with van der Waals surface area (Å²) >= 11 is 3.50. The molecule has 0 aliphatic carbocycles. The minimum absolute atomic E-state index is 0.0159. The van der Waals surface area contributed by atoms with Crippen molar-refractivity contribution in [2.45, 2.75) is 52.0 Å². The molecule has 2 fully saturated rings. The normalized spacial score (nSPS) is 16.7. The summed E-state index contributed by atoms with van der Waals surface area (Å²) in [7, 11) is 1.47. The van der Waals surface area contributed by atoms with Crippen molar-refractivity contribution in [1.29, 1.82) is 0 Å². The predicted octanol–water partition coefficient (Wildman–Crippen LogP) is 6.71. The van der Waals surface area contributed by atoms with Gasteiger partial charge in [0.05, 0.1) is 23.4 Å². The second-order valence-electron chi connectivity index (χ2n) is 11.8. The van der Waals surface area contributed by atoms with Crippen LogP contribution in [0.25, 0.3) is 32.9 Å². The van der Waals surface area contributed by atoms with Gasteiger partial charge >= 0.3 is 12.0 Å². The highest BCUT2D eigenvalue weighted by atomic mass is 79.9. The van der Waals surface area contributed by atoms with Crippen molar-refractivity contribution >= 4 is 43.6 Å². The molecule has 4 aromatic rings. The number of rotatable bonds is 6. The maximum atomic E-state index is 16.5. The van der Waals surface area contributed by atoms with Gasteiger partial charge in [0, 0.05) is 5.56 Å². The summed E-state index contributed by atoms with van der Waals surface area (Å²) < 4.78 is 34.2. The Bertz CT molecular complexity index is 1660. The van der Waals surface area contributed by atoms with E-state index in [0.29, 0.717) is 27.9 Å². The van der Waals surface area contributed by atoms with E-state index < -0.39 is 17.2 Å². The molecule has 0 amide bonds. The van der Waals surface area contributed by atoms with Crippen molar-refractivity contribution < 1.29 is 23.4 Å². The molecule has 0 unspecified atom stereocenters. The van der Waals surface area contributed by atoms with Gasteiger partial charge in [0.1, 0.15) is 28.2 Å². The zero-order chi connectivity index (χ0) is 28.9. The maximum absolute atomic E-state index is 16.5. The monoisotopic (exact) mass is 622 g/mol. The Labute approximate surface area is 246 Å². The molecule has 2 aromatic carbocycles. The molecule has 2 saturated heterocycles. The van der Waals surface area contributed by atoms with Crippen LogP contribution >= 0.6 is 15.9 Å². The SMILES string of the molecule is COc1nc(OCC23CCCN2CCC3)nc2c(F)c(-c3cc(OC(=O)C(C)(C)C)cc4ccccc34)nc(Br)c12. The van der Waals surface area contributed by atoms with E-state index in [1.807, 2.05) is 24.3 Å². The van der Waals surface area contributed by atoms with Crippen LogP contribution in [0.3, 0.4) is 0 Å². The summed E-state index contributed by atoms with van der Waals surface area (Å²) in [5, 5.41) is 1.84. The number of carbonyl (C=O) groups excluding carboxylic acids is 1. The number of benzene rings is 2. The van der Waals surface area contributed by atoms with Crippen LogP contribution in [-0.4, -0.2) is 58.2 Å². The summed E-state index contributed by atoms with van der Waals surface area (Å²) in [6.07, 6.45) is 4.41. The van der Waals surface area contributed by atoms with Gasteiger partial charge in [-0.3, -0.25) is 9.69 Å². The molecule has 2 aromatic heterocycles. The average molecular weight is 624 g/mol. The number of nitrogens with zero attached hydrogens (tertiary/aromatic N) is 4. The predicted molar refractivity (Wildman–Crippen MR) is 158 cm³/mol. The minimum atomic E-state index is -0.710. The molecule has 0 bridgehead atoms. The highest BCUT2D eigenvalue weighted by Gasteiger charge is 2.45. The molecule has 0 saturated carbocycles. The smallest absolute Gasteiger partial charge is 0.320 e. The van der Waals surface area contributed by atoms with E-state index in [0.717, 1.165) is 49.5 Å². The molecular formula is C31H32BrFN4O4. The number of methoxy groups -OCH3 is 1. The lowest BCUT2D eigenvalue weighted by molar-refractivity contribution is -0.142. The molecule has 41 heavy (non-hydrogen) atoms. The molecule has 0 atom stereocenters. The number of ether oxygens (including phenoxy) is 3. The van der Waals surface area contributed by atoms with E-state index in [9.17, 15) is 4.79 Å². The first kappa shape index (κ1) is 27.8. The summed E-state index contributed by atoms with van der Waals surface area (Å²) in [4.78, 5) is 28.7. The highest BCUT2D eigenvalue weighted by Crippen LogP contribution is 2.41. The number of pyridine rings is 1. The summed E-state index contributed by atoms with van der Waals surface area (Å²) in [5.41, 5.74) is -0.183. The lowest BCUT2D eigenvalue weighted by atomic mass is 9.95. The standard InChI is InChI=1S/C31H32BrFN4O4/c1-30(2,3)28(38)41-19-15-18-9-5-6-10-20(18)21(16-19)24-23(33)25-22(26(32)34-24)27(39-4)36-29(35-25)40-17-31-11-7-13-37(31)14-8-12-31/h5-6,9-10,15-16H,7-8,11-14,17H2,1-4H3. The topological polar surface area (TPSA) is 86.7 Å². The fourth-order valence-corrected chi connectivity index (χ4v) is 6.46. The number of halogens is 2. The second-order valence-corrected chi connectivity index (χ2v) is 12.6. The Hall–Kier alpha value is -3.37. The van der Waals surface area contributed by atoms with E-state index >= 15 is 4.39 Å². The van der Waals surface area contributed by atoms with Crippen LogP contribution in [0.4, 0.5) is 4.39 Å². The van der Waals surface area contributed by atoms with E-state index in [1.54, 1.807) is 32.9 Å². The lowest BCUT2D eigenvalue weighted by Crippen LogP contribution is -2.43. The Morgan fingerprint density at radius 1 is 1.10 bits per heavy atom. The molecule has 0 radical (unpaired) electrons. The Balaban J connectivity index is 1.46. The molecular weight excluding hydrogens is 591 g/mol. The first-order chi connectivity index (χ1) is 19.6. The van der Waals surface area contributed by atoms with E-state index in [2.05, 4.69) is 35.8 Å². The molecule has 6 rings (SSSR count). The zero-order valence-corrected chi connectivity index (χ0v) is 25.2. The third-order valence-electron chi connectivity index (χ3n) is 8.08. The van der Waals surface area contributed by atoms with Crippen LogP contribution in [-0.2, 0) is 4.79 Å². The van der Waals surface area contributed by atoms with Crippen molar-refractivity contribution in [3.63, 3.8) is 0 Å². The number of carbonyl (C=O) groups is 1.